The molecule has 2 atom stereocenters. The first-order valence-corrected chi connectivity index (χ1v) is 5.90. The summed E-state index contributed by atoms with van der Waals surface area (Å²) in [5.74, 6) is 0. The van der Waals surface area contributed by atoms with Crippen LogP contribution >= 0.6 is 0 Å². The van der Waals surface area contributed by atoms with Gasteiger partial charge in [0, 0.05) is 25.5 Å². The summed E-state index contributed by atoms with van der Waals surface area (Å²) in [6.45, 7) is 3.70. The van der Waals surface area contributed by atoms with Gasteiger partial charge in [0.15, 0.2) is 0 Å². The molecule has 1 aromatic heterocycles. The summed E-state index contributed by atoms with van der Waals surface area (Å²) in [6, 6.07) is 1.84. The van der Waals surface area contributed by atoms with Crippen LogP contribution in [0.3, 0.4) is 0 Å². The zero-order valence-electron chi connectivity index (χ0n) is 9.79. The van der Waals surface area contributed by atoms with Crippen molar-refractivity contribution >= 4 is 0 Å². The second-order valence-corrected chi connectivity index (χ2v) is 4.11. The fourth-order valence-corrected chi connectivity index (χ4v) is 1.75. The first kappa shape index (κ1) is 12.5. The van der Waals surface area contributed by atoms with Crippen molar-refractivity contribution in [1.82, 2.24) is 15.1 Å². The summed E-state index contributed by atoms with van der Waals surface area (Å²) in [4.78, 5) is 0. The molecule has 0 radical (unpaired) electrons. The lowest BCUT2D eigenvalue weighted by Crippen LogP contribution is -2.40. The summed E-state index contributed by atoms with van der Waals surface area (Å²) in [5.41, 5.74) is 0. The van der Waals surface area contributed by atoms with E-state index in [1.807, 2.05) is 12.3 Å². The molecular formula is C11H19N3O3. The molecule has 0 saturated carbocycles. The maximum absolute atomic E-state index is 9.76. The average molecular weight is 241 g/mol. The van der Waals surface area contributed by atoms with Gasteiger partial charge in [-0.2, -0.15) is 5.10 Å². The van der Waals surface area contributed by atoms with E-state index in [1.54, 1.807) is 10.9 Å². The van der Waals surface area contributed by atoms with E-state index in [4.69, 9.17) is 9.47 Å². The molecule has 1 aliphatic heterocycles. The third kappa shape index (κ3) is 4.43. The highest BCUT2D eigenvalue weighted by atomic mass is 16.6. The molecule has 0 aliphatic carbocycles. The Balaban J connectivity index is 1.58. The molecule has 2 rings (SSSR count). The molecule has 1 aromatic rings. The van der Waals surface area contributed by atoms with E-state index < -0.39 is 6.10 Å². The number of ether oxygens (including phenoxy) is 2. The van der Waals surface area contributed by atoms with Crippen molar-refractivity contribution in [3.63, 3.8) is 0 Å². The molecule has 6 nitrogen and oxygen atoms in total. The Morgan fingerprint density at radius 1 is 1.53 bits per heavy atom. The number of nitrogens with zero attached hydrogens (tertiary/aromatic N) is 2. The smallest absolute Gasteiger partial charge is 0.0933 e. The lowest BCUT2D eigenvalue weighted by molar-refractivity contribution is -0.0868. The van der Waals surface area contributed by atoms with E-state index in [0.717, 1.165) is 0 Å². The zero-order valence-corrected chi connectivity index (χ0v) is 9.79. The van der Waals surface area contributed by atoms with Gasteiger partial charge in [-0.15, -0.1) is 0 Å². The topological polar surface area (TPSA) is 68.5 Å². The standard InChI is InChI=1S/C11H19N3O3/c15-10(8-14-3-1-2-13-14)6-12-7-11-9-16-4-5-17-11/h1-3,10-12,15H,4-9H2. The quantitative estimate of drug-likeness (QED) is 0.686. The molecule has 1 saturated heterocycles. The fraction of sp³-hybridized carbons (Fsp3) is 0.727. The van der Waals surface area contributed by atoms with Crippen LogP contribution < -0.4 is 5.32 Å². The van der Waals surface area contributed by atoms with Crippen LogP contribution in [0.1, 0.15) is 0 Å². The minimum Gasteiger partial charge on any atom is -0.390 e. The molecular weight excluding hydrogens is 222 g/mol. The van der Waals surface area contributed by atoms with Gasteiger partial charge in [-0.25, -0.2) is 0 Å². The van der Waals surface area contributed by atoms with Gasteiger partial charge >= 0.3 is 0 Å². The Bertz CT molecular complexity index is 299. The van der Waals surface area contributed by atoms with Gasteiger partial charge < -0.3 is 19.9 Å². The van der Waals surface area contributed by atoms with Crippen molar-refractivity contribution in [2.45, 2.75) is 18.8 Å². The number of aliphatic hydroxyl groups is 1. The highest BCUT2D eigenvalue weighted by Gasteiger charge is 2.14. The third-order valence-corrected chi connectivity index (χ3v) is 2.59. The Morgan fingerprint density at radius 3 is 3.18 bits per heavy atom. The highest BCUT2D eigenvalue weighted by molar-refractivity contribution is 4.78. The summed E-state index contributed by atoms with van der Waals surface area (Å²) < 4.78 is 12.5. The predicted octanol–water partition coefficient (Wildman–Crippen LogP) is -0.751. The first-order valence-electron chi connectivity index (χ1n) is 5.90. The van der Waals surface area contributed by atoms with Crippen LogP contribution in [0.5, 0.6) is 0 Å². The molecule has 0 amide bonds. The molecule has 0 bridgehead atoms. The molecule has 96 valence electrons. The molecule has 2 unspecified atom stereocenters. The Labute approximate surface area is 101 Å². The van der Waals surface area contributed by atoms with Crippen molar-refractivity contribution in [2.24, 2.45) is 0 Å². The average Bonchev–Trinajstić information content (AvgIpc) is 2.83. The minimum atomic E-state index is -0.445. The van der Waals surface area contributed by atoms with E-state index >= 15 is 0 Å². The summed E-state index contributed by atoms with van der Waals surface area (Å²) in [7, 11) is 0. The molecule has 0 aromatic carbocycles. The van der Waals surface area contributed by atoms with Crippen molar-refractivity contribution < 1.29 is 14.6 Å². The lowest BCUT2D eigenvalue weighted by Gasteiger charge is -2.23. The van der Waals surface area contributed by atoms with Crippen LogP contribution in [0.4, 0.5) is 0 Å². The molecule has 2 heterocycles. The summed E-state index contributed by atoms with van der Waals surface area (Å²) >= 11 is 0. The molecule has 6 heteroatoms. The van der Waals surface area contributed by atoms with E-state index in [9.17, 15) is 5.11 Å². The maximum atomic E-state index is 9.76. The number of nitrogens with one attached hydrogen (secondary N) is 1. The van der Waals surface area contributed by atoms with Crippen LogP contribution in [0.2, 0.25) is 0 Å². The molecule has 0 spiro atoms. The van der Waals surface area contributed by atoms with Gasteiger partial charge in [0.25, 0.3) is 0 Å². The molecule has 1 aliphatic rings. The number of aromatic nitrogens is 2. The summed E-state index contributed by atoms with van der Waals surface area (Å²) in [6.07, 6.45) is 3.19. The number of rotatable bonds is 6. The largest absolute Gasteiger partial charge is 0.390 e. The Kier molecular flexibility index (Phi) is 4.93. The van der Waals surface area contributed by atoms with Gasteiger partial charge in [0.1, 0.15) is 0 Å². The van der Waals surface area contributed by atoms with Crippen LogP contribution in [0.25, 0.3) is 0 Å². The van der Waals surface area contributed by atoms with Gasteiger partial charge in [0.2, 0.25) is 0 Å². The van der Waals surface area contributed by atoms with Crippen LogP contribution in [0.15, 0.2) is 18.5 Å². The van der Waals surface area contributed by atoms with Gasteiger partial charge in [-0.1, -0.05) is 0 Å². The number of hydrogen-bond acceptors (Lipinski definition) is 5. The minimum absolute atomic E-state index is 0.0978. The number of aliphatic hydroxyl groups excluding tert-OH is 1. The second kappa shape index (κ2) is 6.70. The Hall–Kier alpha value is -0.950. The molecule has 1 fully saturated rings. The van der Waals surface area contributed by atoms with Crippen molar-refractivity contribution in [1.29, 1.82) is 0 Å². The molecule has 2 N–H and O–H groups in total. The SMILES string of the molecule is OC(CNCC1COCCO1)Cn1cccn1. The van der Waals surface area contributed by atoms with Crippen LogP contribution in [-0.4, -0.2) is 60.0 Å². The van der Waals surface area contributed by atoms with E-state index in [1.165, 1.54) is 0 Å². The summed E-state index contributed by atoms with van der Waals surface area (Å²) in [5, 5.41) is 17.0. The Morgan fingerprint density at radius 2 is 2.47 bits per heavy atom. The monoisotopic (exact) mass is 241 g/mol. The highest BCUT2D eigenvalue weighted by Crippen LogP contribution is 1.99. The maximum Gasteiger partial charge on any atom is 0.0933 e. The zero-order chi connectivity index (χ0) is 11.9. The normalized spacial score (nSPS) is 22.5. The van der Waals surface area contributed by atoms with E-state index in [0.29, 0.717) is 39.5 Å². The van der Waals surface area contributed by atoms with Gasteiger partial charge in [0.05, 0.1) is 38.6 Å². The van der Waals surface area contributed by atoms with Crippen molar-refractivity contribution in [3.05, 3.63) is 18.5 Å². The van der Waals surface area contributed by atoms with E-state index in [2.05, 4.69) is 10.4 Å². The van der Waals surface area contributed by atoms with Crippen LogP contribution in [0, 0.1) is 0 Å². The predicted molar refractivity (Wildman–Crippen MR) is 61.7 cm³/mol. The number of hydrogen-bond donors (Lipinski definition) is 2. The van der Waals surface area contributed by atoms with Gasteiger partial charge in [-0.3, -0.25) is 4.68 Å². The fourth-order valence-electron chi connectivity index (χ4n) is 1.75. The van der Waals surface area contributed by atoms with Crippen molar-refractivity contribution in [2.75, 3.05) is 32.9 Å². The second-order valence-electron chi connectivity index (χ2n) is 4.11. The first-order chi connectivity index (χ1) is 8.34. The lowest BCUT2D eigenvalue weighted by atomic mass is 10.3. The van der Waals surface area contributed by atoms with E-state index in [-0.39, 0.29) is 6.10 Å². The van der Waals surface area contributed by atoms with Crippen molar-refractivity contribution in [3.8, 4) is 0 Å². The van der Waals surface area contributed by atoms with Gasteiger partial charge in [-0.05, 0) is 6.07 Å². The molecule has 17 heavy (non-hydrogen) atoms. The third-order valence-electron chi connectivity index (χ3n) is 2.59. The van der Waals surface area contributed by atoms with Crippen LogP contribution in [-0.2, 0) is 16.0 Å².